The van der Waals surface area contributed by atoms with E-state index in [1.54, 1.807) is 48.6 Å². The molecule has 5 rings (SSSR count). The van der Waals surface area contributed by atoms with Crippen molar-refractivity contribution < 1.29 is 38.8 Å². The number of aliphatic hydroxyl groups excluding tert-OH is 2. The number of rotatable bonds is 14. The predicted octanol–water partition coefficient (Wildman–Crippen LogP) is 7.57. The monoisotopic (exact) mass is 779 g/mol. The highest BCUT2D eigenvalue weighted by atomic mass is 16.6. The van der Waals surface area contributed by atoms with Crippen LogP contribution >= 0.6 is 0 Å². The predicted molar refractivity (Wildman–Crippen MR) is 220 cm³/mol. The van der Waals surface area contributed by atoms with Gasteiger partial charge in [0.25, 0.3) is 0 Å². The van der Waals surface area contributed by atoms with Crippen LogP contribution < -0.4 is 5.32 Å². The standard InChI is InChI=1S/C46H57N3O8/c1-45(2,3)56-42(52)47-38(26-31-18-10-8-11-19-31)40(50)28-49(44(54)55-30-37-35-24-16-14-22-33(35)34-23-15-17-25-36(34)37)29-41(51)39(27-32-20-12-9-13-21-32)48(7)43(53)57-46(4,5)6/h8-25,37-41,50-51H,26-30H2,1-7H3,(H,47,52)/t38-,39+,40?,41+/m1/s1. The van der Waals surface area contributed by atoms with Gasteiger partial charge in [-0.05, 0) is 87.8 Å². The van der Waals surface area contributed by atoms with Crippen molar-refractivity contribution in [3.05, 3.63) is 131 Å². The van der Waals surface area contributed by atoms with E-state index in [0.29, 0.717) is 0 Å². The Hall–Kier alpha value is -5.39. The second-order valence-corrected chi connectivity index (χ2v) is 16.6. The number of carbonyl (C=O) groups excluding carboxylic acids is 3. The van der Waals surface area contributed by atoms with Gasteiger partial charge in [0, 0.05) is 13.0 Å². The van der Waals surface area contributed by atoms with Gasteiger partial charge >= 0.3 is 18.3 Å². The van der Waals surface area contributed by atoms with Gasteiger partial charge in [0.05, 0.1) is 37.4 Å². The number of amides is 3. The molecule has 0 fully saturated rings. The van der Waals surface area contributed by atoms with Crippen LogP contribution in [-0.4, -0.2) is 101 Å². The minimum absolute atomic E-state index is 0.00437. The molecule has 304 valence electrons. The smallest absolute Gasteiger partial charge is 0.410 e. The van der Waals surface area contributed by atoms with Gasteiger partial charge in [-0.15, -0.1) is 0 Å². The molecule has 4 atom stereocenters. The molecule has 3 amide bonds. The quantitative estimate of drug-likeness (QED) is 0.112. The van der Waals surface area contributed by atoms with Crippen molar-refractivity contribution in [2.45, 2.75) is 95.8 Å². The highest BCUT2D eigenvalue weighted by Crippen LogP contribution is 2.44. The third-order valence-electron chi connectivity index (χ3n) is 9.78. The summed E-state index contributed by atoms with van der Waals surface area (Å²) in [5.41, 5.74) is 4.32. The fourth-order valence-corrected chi connectivity index (χ4v) is 7.08. The molecular weight excluding hydrogens is 723 g/mol. The molecule has 0 aliphatic heterocycles. The van der Waals surface area contributed by atoms with Crippen LogP contribution in [0.3, 0.4) is 0 Å². The zero-order chi connectivity index (χ0) is 41.3. The summed E-state index contributed by atoms with van der Waals surface area (Å²) in [5.74, 6) is -0.234. The Bertz CT molecular complexity index is 1900. The second kappa shape index (κ2) is 18.7. The Morgan fingerprint density at radius 1 is 0.649 bits per heavy atom. The zero-order valence-corrected chi connectivity index (χ0v) is 34.1. The molecular formula is C46H57N3O8. The maximum Gasteiger partial charge on any atom is 0.410 e. The van der Waals surface area contributed by atoms with Gasteiger partial charge in [0.1, 0.15) is 17.8 Å². The molecule has 1 aliphatic rings. The maximum atomic E-state index is 14.3. The molecule has 0 saturated carbocycles. The summed E-state index contributed by atoms with van der Waals surface area (Å²) in [7, 11) is 1.55. The molecule has 4 aromatic rings. The van der Waals surface area contributed by atoms with Crippen LogP contribution in [0.25, 0.3) is 11.1 Å². The molecule has 1 unspecified atom stereocenters. The Kier molecular flexibility index (Phi) is 14.0. The molecule has 0 spiro atoms. The summed E-state index contributed by atoms with van der Waals surface area (Å²) in [4.78, 5) is 43.4. The van der Waals surface area contributed by atoms with Crippen molar-refractivity contribution in [1.82, 2.24) is 15.1 Å². The fourth-order valence-electron chi connectivity index (χ4n) is 7.08. The second-order valence-electron chi connectivity index (χ2n) is 16.6. The Morgan fingerprint density at radius 3 is 1.65 bits per heavy atom. The number of fused-ring (bicyclic) bond motifs is 3. The summed E-state index contributed by atoms with van der Waals surface area (Å²) in [6.07, 6.45) is -4.32. The zero-order valence-electron chi connectivity index (χ0n) is 34.1. The number of benzene rings is 4. The molecule has 1 aliphatic carbocycles. The molecule has 4 aromatic carbocycles. The van der Waals surface area contributed by atoms with Crippen LogP contribution in [-0.2, 0) is 27.1 Å². The summed E-state index contributed by atoms with van der Waals surface area (Å²) < 4.78 is 17.3. The molecule has 11 heteroatoms. The Labute approximate surface area is 336 Å². The molecule has 0 radical (unpaired) electrons. The summed E-state index contributed by atoms with van der Waals surface area (Å²) >= 11 is 0. The highest BCUT2D eigenvalue weighted by molar-refractivity contribution is 5.79. The number of carbonyl (C=O) groups is 3. The SMILES string of the molecule is CN(C(=O)OC(C)(C)C)[C@@H](Cc1ccccc1)[C@@H](O)CN(CC(O)[C@@H](Cc1ccccc1)NC(=O)OC(C)(C)C)C(=O)OCC1c2ccccc2-c2ccccc21. The van der Waals surface area contributed by atoms with Crippen molar-refractivity contribution in [1.29, 1.82) is 0 Å². The van der Waals surface area contributed by atoms with Crippen LogP contribution in [0, 0.1) is 0 Å². The molecule has 11 nitrogen and oxygen atoms in total. The van der Waals surface area contributed by atoms with Crippen LogP contribution in [0.15, 0.2) is 109 Å². The third kappa shape index (κ3) is 12.1. The van der Waals surface area contributed by atoms with Gasteiger partial charge in [-0.2, -0.15) is 0 Å². The highest BCUT2D eigenvalue weighted by Gasteiger charge is 2.36. The lowest BCUT2D eigenvalue weighted by Gasteiger charge is -2.36. The first-order valence-corrected chi connectivity index (χ1v) is 19.5. The van der Waals surface area contributed by atoms with E-state index in [0.717, 1.165) is 33.4 Å². The van der Waals surface area contributed by atoms with Crippen molar-refractivity contribution >= 4 is 18.3 Å². The van der Waals surface area contributed by atoms with Crippen LogP contribution in [0.1, 0.15) is 69.7 Å². The fraction of sp³-hybridized carbons (Fsp3) is 0.413. The van der Waals surface area contributed by atoms with Gasteiger partial charge in [0.15, 0.2) is 0 Å². The van der Waals surface area contributed by atoms with Crippen LogP contribution in [0.5, 0.6) is 0 Å². The number of alkyl carbamates (subject to hydrolysis) is 1. The normalized spacial score (nSPS) is 14.6. The molecule has 57 heavy (non-hydrogen) atoms. The van der Waals surface area contributed by atoms with Crippen molar-refractivity contribution in [3.63, 3.8) is 0 Å². The van der Waals surface area contributed by atoms with E-state index in [-0.39, 0.29) is 38.5 Å². The minimum atomic E-state index is -1.33. The third-order valence-corrected chi connectivity index (χ3v) is 9.78. The maximum absolute atomic E-state index is 14.3. The number of hydrogen-bond donors (Lipinski definition) is 3. The van der Waals surface area contributed by atoms with E-state index in [4.69, 9.17) is 14.2 Å². The number of aliphatic hydroxyl groups is 2. The lowest BCUT2D eigenvalue weighted by Crippen LogP contribution is -2.55. The first-order chi connectivity index (χ1) is 27.0. The van der Waals surface area contributed by atoms with E-state index in [1.165, 1.54) is 9.80 Å². The molecule has 0 bridgehead atoms. The molecule has 0 heterocycles. The van der Waals surface area contributed by atoms with Gasteiger partial charge in [0.2, 0.25) is 0 Å². The summed E-state index contributed by atoms with van der Waals surface area (Å²) in [5, 5.41) is 26.7. The van der Waals surface area contributed by atoms with E-state index in [2.05, 4.69) is 5.32 Å². The Balaban J connectivity index is 1.44. The molecule has 0 saturated heterocycles. The number of nitrogens with one attached hydrogen (secondary N) is 1. The van der Waals surface area contributed by atoms with Gasteiger partial charge in [-0.1, -0.05) is 109 Å². The van der Waals surface area contributed by atoms with Crippen molar-refractivity contribution in [3.8, 4) is 11.1 Å². The average Bonchev–Trinajstić information content (AvgIpc) is 3.48. The van der Waals surface area contributed by atoms with Crippen LogP contribution in [0.4, 0.5) is 14.4 Å². The van der Waals surface area contributed by atoms with Gasteiger partial charge in [-0.3, -0.25) is 0 Å². The number of likely N-dealkylation sites (N-methyl/N-ethyl adjacent to an activating group) is 1. The van der Waals surface area contributed by atoms with E-state index in [9.17, 15) is 24.6 Å². The first kappa shape index (κ1) is 42.7. The average molecular weight is 780 g/mol. The first-order valence-electron chi connectivity index (χ1n) is 19.5. The van der Waals surface area contributed by atoms with Crippen molar-refractivity contribution in [2.75, 3.05) is 26.7 Å². The molecule has 0 aromatic heterocycles. The summed E-state index contributed by atoms with van der Waals surface area (Å²) in [6, 6.07) is 33.0. The van der Waals surface area contributed by atoms with Gasteiger partial charge < -0.3 is 39.5 Å². The largest absolute Gasteiger partial charge is 0.448 e. The number of ether oxygens (including phenoxy) is 3. The minimum Gasteiger partial charge on any atom is -0.448 e. The lowest BCUT2D eigenvalue weighted by atomic mass is 9.98. The Morgan fingerprint density at radius 2 is 1.12 bits per heavy atom. The molecule has 3 N–H and O–H groups in total. The number of nitrogens with zero attached hydrogens (tertiary/aromatic N) is 2. The summed E-state index contributed by atoms with van der Waals surface area (Å²) in [6.45, 7) is 9.89. The van der Waals surface area contributed by atoms with E-state index < -0.39 is 53.8 Å². The topological polar surface area (TPSA) is 138 Å². The van der Waals surface area contributed by atoms with E-state index in [1.807, 2.05) is 109 Å². The van der Waals surface area contributed by atoms with Gasteiger partial charge in [-0.25, -0.2) is 14.4 Å². The van der Waals surface area contributed by atoms with Crippen molar-refractivity contribution in [2.24, 2.45) is 0 Å². The van der Waals surface area contributed by atoms with E-state index >= 15 is 0 Å². The lowest BCUT2D eigenvalue weighted by molar-refractivity contribution is -0.0113. The number of hydrogen-bond acceptors (Lipinski definition) is 8. The van der Waals surface area contributed by atoms with Crippen LogP contribution in [0.2, 0.25) is 0 Å².